The first-order valence-electron chi connectivity index (χ1n) is 7.42. The number of rotatable bonds is 4. The highest BCUT2D eigenvalue weighted by Gasteiger charge is 2.52. The van der Waals surface area contributed by atoms with Crippen LogP contribution < -0.4 is 5.73 Å². The number of hydrogen-bond donors (Lipinski definition) is 2. The maximum atomic E-state index is 12.8. The third-order valence-electron chi connectivity index (χ3n) is 4.57. The Morgan fingerprint density at radius 2 is 2.05 bits per heavy atom. The fourth-order valence-corrected chi connectivity index (χ4v) is 3.71. The molecule has 0 bridgehead atoms. The Morgan fingerprint density at radius 3 is 2.60 bits per heavy atom. The molecule has 0 unspecified atom stereocenters. The molecule has 20 heavy (non-hydrogen) atoms. The van der Waals surface area contributed by atoms with Gasteiger partial charge in [-0.05, 0) is 31.7 Å². The van der Waals surface area contributed by atoms with Gasteiger partial charge in [-0.15, -0.1) is 0 Å². The Hall–Kier alpha value is -0.720. The number of nitrogens with two attached hydrogens (primary N) is 1. The van der Waals surface area contributed by atoms with Gasteiger partial charge in [-0.3, -0.25) is 9.69 Å². The number of β-amino-alcohol motifs (C(OH)–C–C–N with tert-alkyl or cyclic N) is 1. The van der Waals surface area contributed by atoms with Gasteiger partial charge in [-0.2, -0.15) is 0 Å². The van der Waals surface area contributed by atoms with E-state index in [2.05, 4.69) is 11.8 Å². The van der Waals surface area contributed by atoms with Crippen molar-refractivity contribution in [1.29, 1.82) is 0 Å². The molecule has 0 radical (unpaired) electrons. The van der Waals surface area contributed by atoms with Gasteiger partial charge in [0, 0.05) is 26.2 Å². The summed E-state index contributed by atoms with van der Waals surface area (Å²) in [5.74, 6) is 0.646. The zero-order valence-electron chi connectivity index (χ0n) is 12.2. The van der Waals surface area contributed by atoms with Crippen molar-refractivity contribution >= 4 is 23.1 Å². The maximum absolute atomic E-state index is 12.8. The average molecular weight is 299 g/mol. The Balaban J connectivity index is 2.00. The van der Waals surface area contributed by atoms with Gasteiger partial charge in [0.2, 0.25) is 5.91 Å². The molecule has 114 valence electrons. The molecule has 6 heteroatoms. The molecule has 0 aromatic rings. The largest absolute Gasteiger partial charge is 0.395 e. The minimum absolute atomic E-state index is 0.119. The van der Waals surface area contributed by atoms with Crippen LogP contribution in [0.25, 0.3) is 0 Å². The highest BCUT2D eigenvalue weighted by molar-refractivity contribution is 7.80. The van der Waals surface area contributed by atoms with Gasteiger partial charge in [-0.1, -0.05) is 19.1 Å². The first-order chi connectivity index (χ1) is 9.49. The van der Waals surface area contributed by atoms with Crippen LogP contribution in [-0.4, -0.2) is 65.1 Å². The molecule has 1 heterocycles. The molecule has 5 nitrogen and oxygen atoms in total. The average Bonchev–Trinajstić information content (AvgIpc) is 2.59. The molecule has 1 aliphatic carbocycles. The third-order valence-corrected chi connectivity index (χ3v) is 4.96. The van der Waals surface area contributed by atoms with Crippen LogP contribution in [0, 0.1) is 11.3 Å². The van der Waals surface area contributed by atoms with Crippen molar-refractivity contribution < 1.29 is 9.90 Å². The normalized spacial score (nSPS) is 31.5. The van der Waals surface area contributed by atoms with Crippen molar-refractivity contribution in [2.24, 2.45) is 17.1 Å². The highest BCUT2D eigenvalue weighted by atomic mass is 32.1. The minimum Gasteiger partial charge on any atom is -0.395 e. The van der Waals surface area contributed by atoms with E-state index in [1.807, 2.05) is 4.90 Å². The first kappa shape index (κ1) is 15.7. The Morgan fingerprint density at radius 1 is 1.35 bits per heavy atom. The molecule has 2 rings (SSSR count). The summed E-state index contributed by atoms with van der Waals surface area (Å²) in [4.78, 5) is 17.3. The van der Waals surface area contributed by atoms with E-state index in [-0.39, 0.29) is 12.5 Å². The van der Waals surface area contributed by atoms with E-state index in [0.717, 1.165) is 38.9 Å². The number of carbonyl (C=O) groups excluding carboxylic acids is 1. The second-order valence-electron chi connectivity index (χ2n) is 6.17. The van der Waals surface area contributed by atoms with Crippen molar-refractivity contribution in [3.63, 3.8) is 0 Å². The standard InChI is InChI=1S/C14H25N3O2S/c1-11-9-14(10-11,12(15)20)13(19)17-4-2-3-16(5-6-17)7-8-18/h11,18H,2-10H2,1H3,(H2,15,20). The van der Waals surface area contributed by atoms with Crippen LogP contribution in [0.4, 0.5) is 0 Å². The summed E-state index contributed by atoms with van der Waals surface area (Å²) in [6, 6.07) is 0. The van der Waals surface area contributed by atoms with Crippen LogP contribution >= 0.6 is 12.2 Å². The molecular weight excluding hydrogens is 274 g/mol. The quantitative estimate of drug-likeness (QED) is 0.727. The van der Waals surface area contributed by atoms with E-state index in [0.29, 0.717) is 24.0 Å². The summed E-state index contributed by atoms with van der Waals surface area (Å²) < 4.78 is 0. The van der Waals surface area contributed by atoms with E-state index in [9.17, 15) is 4.79 Å². The van der Waals surface area contributed by atoms with Crippen LogP contribution in [0.1, 0.15) is 26.2 Å². The molecule has 0 aromatic heterocycles. The lowest BCUT2D eigenvalue weighted by Crippen LogP contribution is -2.57. The predicted molar refractivity (Wildman–Crippen MR) is 82.3 cm³/mol. The number of thiocarbonyl (C=S) groups is 1. The number of nitrogens with zero attached hydrogens (tertiary/aromatic N) is 2. The smallest absolute Gasteiger partial charge is 0.235 e. The summed E-state index contributed by atoms with van der Waals surface area (Å²) in [5, 5.41) is 9.01. The van der Waals surface area contributed by atoms with Crippen molar-refractivity contribution in [3.05, 3.63) is 0 Å². The fraction of sp³-hybridized carbons (Fsp3) is 0.857. The summed E-state index contributed by atoms with van der Waals surface area (Å²) in [6.07, 6.45) is 2.52. The van der Waals surface area contributed by atoms with E-state index in [4.69, 9.17) is 23.1 Å². The minimum atomic E-state index is -0.582. The molecule has 0 aromatic carbocycles. The lowest BCUT2D eigenvalue weighted by atomic mass is 9.61. The predicted octanol–water partition coefficient (Wildman–Crippen LogP) is 0.215. The molecular formula is C14H25N3O2S. The summed E-state index contributed by atoms with van der Waals surface area (Å²) in [6.45, 7) is 6.20. The Labute approximate surface area is 126 Å². The number of carbonyl (C=O) groups is 1. The molecule has 0 spiro atoms. The Kier molecular flexibility index (Phi) is 4.99. The zero-order chi connectivity index (χ0) is 14.8. The van der Waals surface area contributed by atoms with Crippen LogP contribution in [0.2, 0.25) is 0 Å². The van der Waals surface area contributed by atoms with Gasteiger partial charge in [0.25, 0.3) is 0 Å². The molecule has 0 atom stereocenters. The van der Waals surface area contributed by atoms with E-state index in [1.54, 1.807) is 0 Å². The molecule has 1 aliphatic heterocycles. The van der Waals surface area contributed by atoms with Gasteiger partial charge < -0.3 is 15.7 Å². The van der Waals surface area contributed by atoms with Gasteiger partial charge >= 0.3 is 0 Å². The number of aliphatic hydroxyl groups excluding tert-OH is 1. The molecule has 3 N–H and O–H groups in total. The SMILES string of the molecule is CC1CC(C(=O)N2CCCN(CCO)CC2)(C(N)=S)C1. The zero-order valence-corrected chi connectivity index (χ0v) is 13.0. The van der Waals surface area contributed by atoms with E-state index in [1.165, 1.54) is 0 Å². The molecule has 2 fully saturated rings. The van der Waals surface area contributed by atoms with Gasteiger partial charge in [0.05, 0.1) is 17.0 Å². The lowest BCUT2D eigenvalue weighted by molar-refractivity contribution is -0.144. The molecule has 1 saturated carbocycles. The second-order valence-corrected chi connectivity index (χ2v) is 6.61. The molecule has 1 amide bonds. The second kappa shape index (κ2) is 6.37. The fourth-order valence-electron chi connectivity index (χ4n) is 3.45. The van der Waals surface area contributed by atoms with Crippen molar-refractivity contribution in [1.82, 2.24) is 9.80 Å². The van der Waals surface area contributed by atoms with Crippen LogP contribution in [0.15, 0.2) is 0 Å². The van der Waals surface area contributed by atoms with Crippen LogP contribution in [0.3, 0.4) is 0 Å². The number of amides is 1. The maximum Gasteiger partial charge on any atom is 0.235 e. The van der Waals surface area contributed by atoms with E-state index >= 15 is 0 Å². The molecule has 2 aliphatic rings. The summed E-state index contributed by atoms with van der Waals surface area (Å²) in [7, 11) is 0. The summed E-state index contributed by atoms with van der Waals surface area (Å²) in [5.41, 5.74) is 5.27. The van der Waals surface area contributed by atoms with Crippen molar-refractivity contribution in [2.75, 3.05) is 39.3 Å². The number of aliphatic hydroxyl groups is 1. The number of hydrogen-bond acceptors (Lipinski definition) is 4. The van der Waals surface area contributed by atoms with Crippen LogP contribution in [0.5, 0.6) is 0 Å². The van der Waals surface area contributed by atoms with Gasteiger partial charge in [-0.25, -0.2) is 0 Å². The molecule has 1 saturated heterocycles. The van der Waals surface area contributed by atoms with E-state index < -0.39 is 5.41 Å². The first-order valence-corrected chi connectivity index (χ1v) is 7.83. The van der Waals surface area contributed by atoms with Crippen molar-refractivity contribution in [3.8, 4) is 0 Å². The van der Waals surface area contributed by atoms with Crippen molar-refractivity contribution in [2.45, 2.75) is 26.2 Å². The third kappa shape index (κ3) is 2.97. The van der Waals surface area contributed by atoms with Gasteiger partial charge in [0.15, 0.2) is 0 Å². The topological polar surface area (TPSA) is 69.8 Å². The monoisotopic (exact) mass is 299 g/mol. The lowest BCUT2D eigenvalue weighted by Gasteiger charge is -2.46. The Bertz CT molecular complexity index is 383. The van der Waals surface area contributed by atoms with Crippen LogP contribution in [-0.2, 0) is 4.79 Å². The highest BCUT2D eigenvalue weighted by Crippen LogP contribution is 2.47. The summed E-state index contributed by atoms with van der Waals surface area (Å²) >= 11 is 5.16. The van der Waals surface area contributed by atoms with Gasteiger partial charge in [0.1, 0.15) is 0 Å².